The summed E-state index contributed by atoms with van der Waals surface area (Å²) in [5.74, 6) is 0.322. The Hall–Kier alpha value is -2.70. The molecule has 28 heavy (non-hydrogen) atoms. The van der Waals surface area contributed by atoms with Crippen LogP contribution in [0.15, 0.2) is 61.1 Å². The van der Waals surface area contributed by atoms with E-state index in [-0.39, 0.29) is 11.7 Å². The second-order valence-corrected chi connectivity index (χ2v) is 6.86. The Kier molecular flexibility index (Phi) is 7.17. The Labute approximate surface area is 165 Å². The van der Waals surface area contributed by atoms with Crippen LogP contribution in [-0.4, -0.2) is 29.2 Å². The third-order valence-electron chi connectivity index (χ3n) is 4.63. The van der Waals surface area contributed by atoms with Crippen molar-refractivity contribution >= 4 is 0 Å². The second kappa shape index (κ2) is 10.0. The minimum atomic E-state index is -0.244. The molecular formula is C22H27FN4O. The average Bonchev–Trinajstić information content (AvgIpc) is 3.13. The van der Waals surface area contributed by atoms with Crippen molar-refractivity contribution in [2.75, 3.05) is 19.7 Å². The van der Waals surface area contributed by atoms with Crippen LogP contribution in [0.4, 0.5) is 4.39 Å². The zero-order valence-electron chi connectivity index (χ0n) is 16.1. The summed E-state index contributed by atoms with van der Waals surface area (Å²) in [5.41, 5.74) is 8.67. The van der Waals surface area contributed by atoms with E-state index in [0.717, 1.165) is 11.3 Å². The van der Waals surface area contributed by atoms with E-state index in [1.165, 1.54) is 6.07 Å². The van der Waals surface area contributed by atoms with Crippen molar-refractivity contribution in [1.82, 2.24) is 14.9 Å². The molecule has 3 rings (SSSR count). The fourth-order valence-electron chi connectivity index (χ4n) is 3.16. The lowest BCUT2D eigenvalue weighted by Gasteiger charge is -2.17. The van der Waals surface area contributed by atoms with Crippen molar-refractivity contribution in [2.45, 2.75) is 18.9 Å². The Bertz CT molecular complexity index is 866. The minimum absolute atomic E-state index is 0.0896. The van der Waals surface area contributed by atoms with Crippen LogP contribution in [0.5, 0.6) is 5.75 Å². The number of nitrogens with one attached hydrogen (secondary N) is 1. The summed E-state index contributed by atoms with van der Waals surface area (Å²) in [6.45, 7) is 2.23. The van der Waals surface area contributed by atoms with E-state index in [1.54, 1.807) is 18.5 Å². The molecule has 0 aliphatic heterocycles. The summed E-state index contributed by atoms with van der Waals surface area (Å²) < 4.78 is 22.1. The van der Waals surface area contributed by atoms with Gasteiger partial charge in [-0.05, 0) is 42.3 Å². The number of rotatable bonds is 10. The number of benzene rings is 2. The molecule has 2 aromatic carbocycles. The largest absolute Gasteiger partial charge is 0.492 e. The van der Waals surface area contributed by atoms with Crippen molar-refractivity contribution in [2.24, 2.45) is 12.8 Å². The molecule has 5 nitrogen and oxygen atoms in total. The van der Waals surface area contributed by atoms with E-state index in [1.807, 2.05) is 48.1 Å². The zero-order chi connectivity index (χ0) is 19.8. The highest BCUT2D eigenvalue weighted by Gasteiger charge is 2.16. The van der Waals surface area contributed by atoms with Gasteiger partial charge >= 0.3 is 0 Å². The van der Waals surface area contributed by atoms with Gasteiger partial charge in [0, 0.05) is 32.3 Å². The predicted octanol–water partition coefficient (Wildman–Crippen LogP) is 3.01. The quantitative estimate of drug-likeness (QED) is 0.529. The van der Waals surface area contributed by atoms with Crippen LogP contribution in [0, 0.1) is 5.82 Å². The van der Waals surface area contributed by atoms with E-state index in [0.29, 0.717) is 44.0 Å². The first-order valence-corrected chi connectivity index (χ1v) is 9.49. The molecule has 0 amide bonds. The average molecular weight is 382 g/mol. The van der Waals surface area contributed by atoms with Gasteiger partial charge in [-0.25, -0.2) is 9.37 Å². The standard InChI is InChI=1S/C22H27FN4O/c1-27-15-19(26-16-27)14-25-9-10-28-20-7-8-22(23)21(12-20)18(13-24)11-17-5-3-2-4-6-17/h2-8,12,15-16,18,25H,9-11,13-14,24H2,1H3. The van der Waals surface area contributed by atoms with Gasteiger partial charge in [-0.1, -0.05) is 30.3 Å². The van der Waals surface area contributed by atoms with Gasteiger partial charge in [-0.3, -0.25) is 0 Å². The molecule has 1 aromatic heterocycles. The first-order chi connectivity index (χ1) is 13.7. The van der Waals surface area contributed by atoms with Crippen LogP contribution in [0.1, 0.15) is 22.7 Å². The summed E-state index contributed by atoms with van der Waals surface area (Å²) in [5, 5.41) is 3.28. The summed E-state index contributed by atoms with van der Waals surface area (Å²) in [7, 11) is 1.94. The monoisotopic (exact) mass is 382 g/mol. The Morgan fingerprint density at radius 2 is 2.04 bits per heavy atom. The van der Waals surface area contributed by atoms with Crippen molar-refractivity contribution < 1.29 is 9.13 Å². The van der Waals surface area contributed by atoms with Gasteiger partial charge in [0.15, 0.2) is 0 Å². The maximum Gasteiger partial charge on any atom is 0.127 e. The predicted molar refractivity (Wildman–Crippen MR) is 109 cm³/mol. The minimum Gasteiger partial charge on any atom is -0.492 e. The van der Waals surface area contributed by atoms with Crippen molar-refractivity contribution in [3.8, 4) is 5.75 Å². The third kappa shape index (κ3) is 5.65. The Morgan fingerprint density at radius 3 is 2.75 bits per heavy atom. The molecular weight excluding hydrogens is 355 g/mol. The highest BCUT2D eigenvalue weighted by Crippen LogP contribution is 2.26. The second-order valence-electron chi connectivity index (χ2n) is 6.86. The zero-order valence-corrected chi connectivity index (χ0v) is 16.1. The SMILES string of the molecule is Cn1cnc(CNCCOc2ccc(F)c(C(CN)Cc3ccccc3)c2)c1. The molecule has 1 atom stereocenters. The molecule has 0 spiro atoms. The topological polar surface area (TPSA) is 65.1 Å². The molecule has 0 aliphatic carbocycles. The summed E-state index contributed by atoms with van der Waals surface area (Å²) in [6.07, 6.45) is 4.44. The maximum absolute atomic E-state index is 14.4. The number of nitrogens with two attached hydrogens (primary N) is 1. The summed E-state index contributed by atoms with van der Waals surface area (Å²) >= 11 is 0. The van der Waals surface area contributed by atoms with Crippen molar-refractivity contribution in [3.05, 3.63) is 83.7 Å². The van der Waals surface area contributed by atoms with Crippen LogP contribution in [0.3, 0.4) is 0 Å². The molecule has 1 unspecified atom stereocenters. The summed E-state index contributed by atoms with van der Waals surface area (Å²) in [6, 6.07) is 14.9. The number of hydrogen-bond acceptors (Lipinski definition) is 4. The van der Waals surface area contributed by atoms with E-state index >= 15 is 0 Å². The molecule has 3 N–H and O–H groups in total. The van der Waals surface area contributed by atoms with Crippen molar-refractivity contribution in [1.29, 1.82) is 0 Å². The third-order valence-corrected chi connectivity index (χ3v) is 4.63. The van der Waals surface area contributed by atoms with E-state index in [2.05, 4.69) is 10.3 Å². The lowest BCUT2D eigenvalue weighted by molar-refractivity contribution is 0.312. The number of halogens is 1. The molecule has 148 valence electrons. The van der Waals surface area contributed by atoms with Gasteiger partial charge in [0.1, 0.15) is 18.2 Å². The smallest absolute Gasteiger partial charge is 0.127 e. The maximum atomic E-state index is 14.4. The highest BCUT2D eigenvalue weighted by atomic mass is 19.1. The fourth-order valence-corrected chi connectivity index (χ4v) is 3.16. The normalized spacial score (nSPS) is 12.1. The first-order valence-electron chi connectivity index (χ1n) is 9.49. The number of hydrogen-bond donors (Lipinski definition) is 2. The van der Waals surface area contributed by atoms with Crippen LogP contribution in [-0.2, 0) is 20.0 Å². The number of aryl methyl sites for hydroxylation is 1. The van der Waals surface area contributed by atoms with Gasteiger partial charge in [-0.2, -0.15) is 0 Å². The lowest BCUT2D eigenvalue weighted by Crippen LogP contribution is -2.21. The number of imidazole rings is 1. The molecule has 0 radical (unpaired) electrons. The number of aromatic nitrogens is 2. The van der Waals surface area contributed by atoms with Gasteiger partial charge in [0.05, 0.1) is 12.0 Å². The molecule has 0 saturated carbocycles. The van der Waals surface area contributed by atoms with E-state index in [9.17, 15) is 4.39 Å². The first kappa shape index (κ1) is 20.0. The molecule has 0 saturated heterocycles. The van der Waals surface area contributed by atoms with Gasteiger partial charge in [0.2, 0.25) is 0 Å². The fraction of sp³-hybridized carbons (Fsp3) is 0.318. The van der Waals surface area contributed by atoms with E-state index < -0.39 is 0 Å². The van der Waals surface area contributed by atoms with Gasteiger partial charge < -0.3 is 20.4 Å². The van der Waals surface area contributed by atoms with E-state index in [4.69, 9.17) is 10.5 Å². The molecule has 3 aromatic rings. The van der Waals surface area contributed by atoms with Gasteiger partial charge in [0.25, 0.3) is 0 Å². The Morgan fingerprint density at radius 1 is 1.21 bits per heavy atom. The number of nitrogens with zero attached hydrogens (tertiary/aromatic N) is 2. The molecule has 0 fully saturated rings. The van der Waals surface area contributed by atoms with Gasteiger partial charge in [-0.15, -0.1) is 0 Å². The van der Waals surface area contributed by atoms with Crippen LogP contribution in [0.2, 0.25) is 0 Å². The molecule has 0 aliphatic rings. The van der Waals surface area contributed by atoms with Crippen molar-refractivity contribution in [3.63, 3.8) is 0 Å². The number of ether oxygens (including phenoxy) is 1. The van der Waals surface area contributed by atoms with Crippen LogP contribution < -0.4 is 15.8 Å². The Balaban J connectivity index is 1.54. The summed E-state index contributed by atoms with van der Waals surface area (Å²) in [4.78, 5) is 4.26. The van der Waals surface area contributed by atoms with Crippen LogP contribution in [0.25, 0.3) is 0 Å². The molecule has 1 heterocycles. The highest BCUT2D eigenvalue weighted by molar-refractivity contribution is 5.34. The lowest BCUT2D eigenvalue weighted by atomic mass is 9.91. The van der Waals surface area contributed by atoms with Crippen LogP contribution >= 0.6 is 0 Å². The molecule has 0 bridgehead atoms. The molecule has 6 heteroatoms.